The van der Waals surface area contributed by atoms with Gasteiger partial charge in [0.2, 0.25) is 11.8 Å². The number of hydrogen-bond donors (Lipinski definition) is 2. The summed E-state index contributed by atoms with van der Waals surface area (Å²) in [7, 11) is 0. The number of anilines is 1. The normalized spacial score (nSPS) is 14.6. The summed E-state index contributed by atoms with van der Waals surface area (Å²) < 4.78 is 0. The summed E-state index contributed by atoms with van der Waals surface area (Å²) in [6.45, 7) is 5.25. The first-order chi connectivity index (χ1) is 14.5. The second-order valence-electron chi connectivity index (χ2n) is 7.31. The van der Waals surface area contributed by atoms with Crippen LogP contribution in [-0.2, 0) is 16.1 Å². The van der Waals surface area contributed by atoms with Crippen LogP contribution in [0.3, 0.4) is 0 Å². The summed E-state index contributed by atoms with van der Waals surface area (Å²) in [5.74, 6) is -0.457. The number of nitrogens with zero attached hydrogens (tertiary/aromatic N) is 3. The number of aromatic nitrogens is 1. The Morgan fingerprint density at radius 1 is 1.03 bits per heavy atom. The maximum absolute atomic E-state index is 12.5. The van der Waals surface area contributed by atoms with E-state index in [0.29, 0.717) is 18.7 Å². The highest BCUT2D eigenvalue weighted by molar-refractivity contribution is 5.96. The zero-order valence-corrected chi connectivity index (χ0v) is 17.1. The lowest BCUT2D eigenvalue weighted by Crippen LogP contribution is -2.42. The molecule has 1 aliphatic rings. The summed E-state index contributed by atoms with van der Waals surface area (Å²) >= 11 is 0. The Hall–Kier alpha value is -3.26. The van der Waals surface area contributed by atoms with Gasteiger partial charge in [-0.05, 0) is 36.2 Å². The predicted octanol–water partition coefficient (Wildman–Crippen LogP) is 1.50. The number of carbonyl (C=O) groups is 3. The summed E-state index contributed by atoms with van der Waals surface area (Å²) in [5.41, 5.74) is 2.39. The number of rotatable bonds is 6. The largest absolute Gasteiger partial charge is 0.343 e. The van der Waals surface area contributed by atoms with Gasteiger partial charge in [0.1, 0.15) is 0 Å². The fourth-order valence-electron chi connectivity index (χ4n) is 3.40. The van der Waals surface area contributed by atoms with Crippen LogP contribution in [0, 0.1) is 0 Å². The Balaban J connectivity index is 1.45. The van der Waals surface area contributed by atoms with Gasteiger partial charge in [-0.2, -0.15) is 0 Å². The van der Waals surface area contributed by atoms with Crippen LogP contribution >= 0.6 is 0 Å². The van der Waals surface area contributed by atoms with Crippen molar-refractivity contribution in [3.8, 4) is 0 Å². The molecule has 2 N–H and O–H groups in total. The molecule has 0 unspecified atom stereocenters. The third kappa shape index (κ3) is 6.38. The Morgan fingerprint density at radius 3 is 2.53 bits per heavy atom. The molecule has 0 aliphatic carbocycles. The molecule has 3 rings (SSSR count). The highest BCUT2D eigenvalue weighted by atomic mass is 16.2. The van der Waals surface area contributed by atoms with E-state index in [2.05, 4.69) is 20.5 Å². The Kier molecular flexibility index (Phi) is 7.51. The van der Waals surface area contributed by atoms with E-state index in [4.69, 9.17) is 0 Å². The van der Waals surface area contributed by atoms with Gasteiger partial charge in [-0.25, -0.2) is 0 Å². The molecule has 2 heterocycles. The van der Waals surface area contributed by atoms with Crippen LogP contribution in [0.1, 0.15) is 29.3 Å². The molecule has 3 amide bonds. The van der Waals surface area contributed by atoms with Crippen molar-refractivity contribution in [3.05, 3.63) is 59.9 Å². The fourth-order valence-corrected chi connectivity index (χ4v) is 3.40. The zero-order valence-electron chi connectivity index (χ0n) is 17.1. The maximum Gasteiger partial charge on any atom is 0.253 e. The Morgan fingerprint density at radius 2 is 1.83 bits per heavy atom. The lowest BCUT2D eigenvalue weighted by atomic mass is 10.2. The minimum absolute atomic E-state index is 0.0155. The lowest BCUT2D eigenvalue weighted by Gasteiger charge is -2.22. The van der Waals surface area contributed by atoms with Gasteiger partial charge < -0.3 is 15.5 Å². The fraction of sp³-hybridized carbons (Fsp3) is 0.364. The molecule has 0 saturated carbocycles. The number of carbonyl (C=O) groups excluding carboxylic acids is 3. The molecule has 0 bridgehead atoms. The van der Waals surface area contributed by atoms with Gasteiger partial charge >= 0.3 is 0 Å². The predicted molar refractivity (Wildman–Crippen MR) is 114 cm³/mol. The molecule has 1 aromatic heterocycles. The number of amides is 3. The lowest BCUT2D eigenvalue weighted by molar-refractivity contribution is -0.130. The van der Waals surface area contributed by atoms with Gasteiger partial charge in [0, 0.05) is 57.7 Å². The van der Waals surface area contributed by atoms with Gasteiger partial charge in [0.25, 0.3) is 5.91 Å². The van der Waals surface area contributed by atoms with Crippen LogP contribution in [0.5, 0.6) is 0 Å². The molecular formula is C22H27N5O3. The standard InChI is InChI=1S/C22H27N5O3/c1-17(28)25-20-7-5-18(6-8-20)16-26-10-3-11-27(13-12-26)21(29)15-24-22(30)19-4-2-9-23-14-19/h2,4-9,14H,3,10-13,15-16H2,1H3,(H,24,30)(H,25,28). The molecule has 1 saturated heterocycles. The van der Waals surface area contributed by atoms with Crippen molar-refractivity contribution in [3.63, 3.8) is 0 Å². The molecule has 1 aliphatic heterocycles. The third-order valence-electron chi connectivity index (χ3n) is 4.95. The van der Waals surface area contributed by atoms with Crippen molar-refractivity contribution < 1.29 is 14.4 Å². The summed E-state index contributed by atoms with van der Waals surface area (Å²) in [4.78, 5) is 43.8. The third-order valence-corrected chi connectivity index (χ3v) is 4.95. The number of nitrogens with one attached hydrogen (secondary N) is 2. The summed E-state index contributed by atoms with van der Waals surface area (Å²) in [6, 6.07) is 11.2. The van der Waals surface area contributed by atoms with Crippen LogP contribution in [0.25, 0.3) is 0 Å². The SMILES string of the molecule is CC(=O)Nc1ccc(CN2CCCN(C(=O)CNC(=O)c3cccnc3)CC2)cc1. The van der Waals surface area contributed by atoms with E-state index in [-0.39, 0.29) is 24.3 Å². The van der Waals surface area contributed by atoms with E-state index in [9.17, 15) is 14.4 Å². The average molecular weight is 409 g/mol. The van der Waals surface area contributed by atoms with Crippen molar-refractivity contribution in [2.45, 2.75) is 19.9 Å². The summed E-state index contributed by atoms with van der Waals surface area (Å²) in [6.07, 6.45) is 3.96. The van der Waals surface area contributed by atoms with E-state index in [1.807, 2.05) is 29.2 Å². The highest BCUT2D eigenvalue weighted by Gasteiger charge is 2.20. The molecule has 0 radical (unpaired) electrons. The topological polar surface area (TPSA) is 94.6 Å². The molecule has 2 aromatic rings. The second kappa shape index (κ2) is 10.5. The molecule has 8 nitrogen and oxygen atoms in total. The van der Waals surface area contributed by atoms with Gasteiger partial charge in [-0.15, -0.1) is 0 Å². The molecular weight excluding hydrogens is 382 g/mol. The molecule has 1 aromatic carbocycles. The Bertz CT molecular complexity index is 870. The van der Waals surface area contributed by atoms with Gasteiger partial charge in [-0.3, -0.25) is 24.3 Å². The number of hydrogen-bond acceptors (Lipinski definition) is 5. The van der Waals surface area contributed by atoms with E-state index in [0.717, 1.165) is 37.3 Å². The van der Waals surface area contributed by atoms with E-state index in [1.165, 1.54) is 13.1 Å². The van der Waals surface area contributed by atoms with Crippen LogP contribution in [-0.4, -0.2) is 65.2 Å². The quantitative estimate of drug-likeness (QED) is 0.754. The highest BCUT2D eigenvalue weighted by Crippen LogP contribution is 2.13. The van der Waals surface area contributed by atoms with Crippen molar-refractivity contribution in [1.82, 2.24) is 20.1 Å². The van der Waals surface area contributed by atoms with Crippen LogP contribution in [0.2, 0.25) is 0 Å². The number of pyridine rings is 1. The number of benzene rings is 1. The van der Waals surface area contributed by atoms with E-state index in [1.54, 1.807) is 18.3 Å². The monoisotopic (exact) mass is 409 g/mol. The van der Waals surface area contributed by atoms with Gasteiger partial charge in [-0.1, -0.05) is 12.1 Å². The molecule has 30 heavy (non-hydrogen) atoms. The molecule has 0 atom stereocenters. The minimum Gasteiger partial charge on any atom is -0.343 e. The molecule has 8 heteroatoms. The first-order valence-corrected chi connectivity index (χ1v) is 10.1. The van der Waals surface area contributed by atoms with Crippen LogP contribution < -0.4 is 10.6 Å². The van der Waals surface area contributed by atoms with Gasteiger partial charge in [0.15, 0.2) is 0 Å². The molecule has 0 spiro atoms. The first kappa shape index (κ1) is 21.4. The Labute approximate surface area is 176 Å². The summed E-state index contributed by atoms with van der Waals surface area (Å²) in [5, 5.41) is 5.44. The van der Waals surface area contributed by atoms with Crippen molar-refractivity contribution >= 4 is 23.4 Å². The van der Waals surface area contributed by atoms with E-state index >= 15 is 0 Å². The first-order valence-electron chi connectivity index (χ1n) is 10.1. The average Bonchev–Trinajstić information content (AvgIpc) is 2.99. The maximum atomic E-state index is 12.5. The van der Waals surface area contributed by atoms with Crippen LogP contribution in [0.15, 0.2) is 48.8 Å². The zero-order chi connectivity index (χ0) is 21.3. The minimum atomic E-state index is -0.296. The smallest absolute Gasteiger partial charge is 0.253 e. The molecule has 1 fully saturated rings. The van der Waals surface area contributed by atoms with E-state index < -0.39 is 0 Å². The van der Waals surface area contributed by atoms with Crippen molar-refractivity contribution in [2.75, 3.05) is 38.0 Å². The second-order valence-corrected chi connectivity index (χ2v) is 7.31. The van der Waals surface area contributed by atoms with Crippen molar-refractivity contribution in [2.24, 2.45) is 0 Å². The van der Waals surface area contributed by atoms with Crippen LogP contribution in [0.4, 0.5) is 5.69 Å². The van der Waals surface area contributed by atoms with Gasteiger partial charge in [0.05, 0.1) is 12.1 Å². The van der Waals surface area contributed by atoms with Crippen molar-refractivity contribution in [1.29, 1.82) is 0 Å². The molecule has 158 valence electrons.